The predicted octanol–water partition coefficient (Wildman–Crippen LogP) is 4.14. The first-order chi connectivity index (χ1) is 19.4. The number of likely N-dealkylation sites (N-methyl/N-ethyl adjacent to an activating group) is 1. The van der Waals surface area contributed by atoms with E-state index in [0.29, 0.717) is 29.5 Å². The van der Waals surface area contributed by atoms with Crippen molar-refractivity contribution in [1.82, 2.24) is 33.9 Å². The third kappa shape index (κ3) is 5.58. The number of fused-ring (bicyclic) bond motifs is 2. The number of rotatable bonds is 9. The maximum Gasteiger partial charge on any atom is 0.185 e. The van der Waals surface area contributed by atoms with Gasteiger partial charge in [-0.2, -0.15) is 5.10 Å². The second-order valence-corrected chi connectivity index (χ2v) is 10.8. The van der Waals surface area contributed by atoms with Crippen LogP contribution in [0.3, 0.4) is 0 Å². The molecular weight excluding hydrogens is 526 g/mol. The Kier molecular flexibility index (Phi) is 7.51. The normalized spacial score (nSPS) is 14.8. The first kappa shape index (κ1) is 26.4. The van der Waals surface area contributed by atoms with Crippen molar-refractivity contribution < 1.29 is 9.53 Å². The van der Waals surface area contributed by atoms with Gasteiger partial charge in [-0.15, -0.1) is 0 Å². The number of imidazole rings is 1. The molecule has 0 aliphatic carbocycles. The van der Waals surface area contributed by atoms with Crippen LogP contribution in [0, 0.1) is 6.92 Å². The number of Topliss-reactive ketones (excluding diaryl/α,β-unsaturated/α-hetero) is 1. The summed E-state index contributed by atoms with van der Waals surface area (Å²) in [6, 6.07) is 13.4. The van der Waals surface area contributed by atoms with Gasteiger partial charge in [0.2, 0.25) is 0 Å². The Morgan fingerprint density at radius 1 is 1.07 bits per heavy atom. The standard InChI is InChI=1S/C30H32ClN7O2/c1-21-4-3-5-23(34-21)20-38-30-25(18-33-38)22(6-7-26(30)31)16-28(39)27-19-32-29-17-24(8-9-37(27)29)40-15-14-36-12-10-35(2)11-13-36/h3-9,17-19H,10-16,20H2,1-2H3. The fourth-order valence-electron chi connectivity index (χ4n) is 5.22. The second kappa shape index (κ2) is 11.4. The van der Waals surface area contributed by atoms with Gasteiger partial charge in [-0.3, -0.25) is 23.8 Å². The predicted molar refractivity (Wildman–Crippen MR) is 155 cm³/mol. The van der Waals surface area contributed by atoms with Crippen molar-refractivity contribution in [3.63, 3.8) is 0 Å². The fraction of sp³-hybridized carbons (Fsp3) is 0.333. The topological polar surface area (TPSA) is 80.8 Å². The van der Waals surface area contributed by atoms with E-state index in [0.717, 1.165) is 66.3 Å². The number of piperazine rings is 1. The van der Waals surface area contributed by atoms with Crippen LogP contribution in [0.4, 0.5) is 0 Å². The number of carbonyl (C=O) groups excluding carboxylic acids is 1. The largest absolute Gasteiger partial charge is 0.492 e. The van der Waals surface area contributed by atoms with E-state index in [4.69, 9.17) is 16.3 Å². The van der Waals surface area contributed by atoms with Crippen LogP contribution < -0.4 is 4.74 Å². The van der Waals surface area contributed by atoms with E-state index in [2.05, 4.69) is 31.9 Å². The Balaban J connectivity index is 1.15. The highest BCUT2D eigenvalue weighted by atomic mass is 35.5. The lowest BCUT2D eigenvalue weighted by Crippen LogP contribution is -2.45. The van der Waals surface area contributed by atoms with Crippen molar-refractivity contribution in [2.75, 3.05) is 46.4 Å². The summed E-state index contributed by atoms with van der Waals surface area (Å²) < 4.78 is 9.66. The molecule has 0 spiro atoms. The quantitative estimate of drug-likeness (QED) is 0.252. The number of pyridine rings is 2. The van der Waals surface area contributed by atoms with Gasteiger partial charge in [-0.1, -0.05) is 23.7 Å². The number of aryl methyl sites for hydroxylation is 1. The maximum atomic E-state index is 13.4. The molecule has 0 radical (unpaired) electrons. The summed E-state index contributed by atoms with van der Waals surface area (Å²) in [5, 5.41) is 6.02. The molecule has 0 bridgehead atoms. The summed E-state index contributed by atoms with van der Waals surface area (Å²) >= 11 is 6.59. The third-order valence-electron chi connectivity index (χ3n) is 7.49. The number of carbonyl (C=O) groups is 1. The van der Waals surface area contributed by atoms with Crippen molar-refractivity contribution in [3.05, 3.63) is 88.7 Å². The van der Waals surface area contributed by atoms with Gasteiger partial charge in [0, 0.05) is 62.5 Å². The van der Waals surface area contributed by atoms with E-state index >= 15 is 0 Å². The lowest BCUT2D eigenvalue weighted by atomic mass is 10.0. The van der Waals surface area contributed by atoms with E-state index in [1.165, 1.54) is 0 Å². The summed E-state index contributed by atoms with van der Waals surface area (Å²) in [5.74, 6) is 0.717. The molecule has 6 rings (SSSR count). The molecule has 40 heavy (non-hydrogen) atoms. The van der Waals surface area contributed by atoms with Crippen LogP contribution in [0.2, 0.25) is 5.02 Å². The molecule has 9 nitrogen and oxygen atoms in total. The van der Waals surface area contributed by atoms with Crippen molar-refractivity contribution in [2.24, 2.45) is 0 Å². The van der Waals surface area contributed by atoms with Gasteiger partial charge >= 0.3 is 0 Å². The number of halogens is 1. The zero-order valence-electron chi connectivity index (χ0n) is 22.8. The first-order valence-electron chi connectivity index (χ1n) is 13.5. The van der Waals surface area contributed by atoms with Gasteiger partial charge < -0.3 is 9.64 Å². The molecule has 1 aliphatic heterocycles. The van der Waals surface area contributed by atoms with E-state index in [1.54, 1.807) is 12.4 Å². The van der Waals surface area contributed by atoms with E-state index in [-0.39, 0.29) is 12.2 Å². The number of hydrogen-bond donors (Lipinski definition) is 0. The Labute approximate surface area is 237 Å². The molecular formula is C30H32ClN7O2. The van der Waals surface area contributed by atoms with E-state index in [9.17, 15) is 4.79 Å². The third-order valence-corrected chi connectivity index (χ3v) is 7.80. The molecule has 1 saturated heterocycles. The molecule has 206 valence electrons. The highest BCUT2D eigenvalue weighted by Gasteiger charge is 2.18. The zero-order chi connectivity index (χ0) is 27.6. The lowest BCUT2D eigenvalue weighted by molar-refractivity contribution is 0.0987. The monoisotopic (exact) mass is 557 g/mol. The molecule has 4 aromatic heterocycles. The fourth-order valence-corrected chi connectivity index (χ4v) is 5.48. The molecule has 0 saturated carbocycles. The van der Waals surface area contributed by atoms with E-state index in [1.807, 2.05) is 64.7 Å². The number of nitrogens with zero attached hydrogens (tertiary/aromatic N) is 7. The van der Waals surface area contributed by atoms with E-state index < -0.39 is 0 Å². The minimum Gasteiger partial charge on any atom is -0.492 e. The van der Waals surface area contributed by atoms with Crippen LogP contribution in [0.1, 0.15) is 27.4 Å². The van der Waals surface area contributed by atoms with Crippen LogP contribution in [-0.4, -0.2) is 86.1 Å². The van der Waals surface area contributed by atoms with Gasteiger partial charge in [0.15, 0.2) is 5.78 Å². The Morgan fingerprint density at radius 3 is 2.75 bits per heavy atom. The van der Waals surface area contributed by atoms with Gasteiger partial charge in [0.1, 0.15) is 23.7 Å². The molecule has 0 unspecified atom stereocenters. The average Bonchev–Trinajstić information content (AvgIpc) is 3.56. The minimum absolute atomic E-state index is 0.0343. The van der Waals surface area contributed by atoms with Crippen LogP contribution in [0.25, 0.3) is 16.6 Å². The maximum absolute atomic E-state index is 13.4. The van der Waals surface area contributed by atoms with Crippen molar-refractivity contribution in [2.45, 2.75) is 19.9 Å². The van der Waals surface area contributed by atoms with Crippen LogP contribution >= 0.6 is 11.6 Å². The Morgan fingerprint density at radius 2 is 1.93 bits per heavy atom. The molecule has 10 heteroatoms. The molecule has 5 heterocycles. The van der Waals surface area contributed by atoms with Crippen LogP contribution in [-0.2, 0) is 13.0 Å². The number of hydrogen-bond acceptors (Lipinski definition) is 7. The Bertz CT molecular complexity index is 1670. The summed E-state index contributed by atoms with van der Waals surface area (Å²) in [5.41, 5.74) is 4.72. The highest BCUT2D eigenvalue weighted by molar-refractivity contribution is 6.35. The Hall–Kier alpha value is -3.79. The lowest BCUT2D eigenvalue weighted by Gasteiger charge is -2.32. The average molecular weight is 558 g/mol. The highest BCUT2D eigenvalue weighted by Crippen LogP contribution is 2.28. The van der Waals surface area contributed by atoms with Crippen molar-refractivity contribution in [1.29, 1.82) is 0 Å². The van der Waals surface area contributed by atoms with Gasteiger partial charge in [0.25, 0.3) is 0 Å². The number of ether oxygens (including phenoxy) is 1. The molecule has 0 N–H and O–H groups in total. The zero-order valence-corrected chi connectivity index (χ0v) is 23.5. The summed E-state index contributed by atoms with van der Waals surface area (Å²) in [7, 11) is 2.15. The molecule has 0 atom stereocenters. The molecule has 1 aromatic carbocycles. The second-order valence-electron chi connectivity index (χ2n) is 10.4. The van der Waals surface area contributed by atoms with Gasteiger partial charge in [-0.25, -0.2) is 4.98 Å². The first-order valence-corrected chi connectivity index (χ1v) is 13.9. The minimum atomic E-state index is -0.0343. The number of aromatic nitrogens is 5. The van der Waals surface area contributed by atoms with Crippen LogP contribution in [0.5, 0.6) is 5.75 Å². The van der Waals surface area contributed by atoms with Gasteiger partial charge in [-0.05, 0) is 43.8 Å². The molecule has 0 amide bonds. The molecule has 5 aromatic rings. The summed E-state index contributed by atoms with van der Waals surface area (Å²) in [4.78, 5) is 27.3. The number of benzene rings is 1. The SMILES string of the molecule is Cc1cccc(Cn2ncc3c(CC(=O)c4cnc5cc(OCCN6CCN(C)CC6)ccn45)ccc(Cl)c32)n1. The molecule has 1 aliphatic rings. The molecule has 1 fully saturated rings. The smallest absolute Gasteiger partial charge is 0.185 e. The van der Waals surface area contributed by atoms with Crippen molar-refractivity contribution >= 4 is 33.9 Å². The summed E-state index contributed by atoms with van der Waals surface area (Å²) in [6.07, 6.45) is 5.47. The number of ketones is 1. The summed E-state index contributed by atoms with van der Waals surface area (Å²) in [6.45, 7) is 8.28. The van der Waals surface area contributed by atoms with Crippen molar-refractivity contribution in [3.8, 4) is 5.75 Å². The van der Waals surface area contributed by atoms with Crippen LogP contribution in [0.15, 0.2) is 61.1 Å². The van der Waals surface area contributed by atoms with Gasteiger partial charge in [0.05, 0.1) is 35.2 Å².